The van der Waals surface area contributed by atoms with Crippen LogP contribution in [0.4, 0.5) is 0 Å². The minimum Gasteiger partial charge on any atom is -0.494 e. The number of likely N-dealkylation sites (N-methyl/N-ethyl adjacent to an activating group) is 1. The maximum absolute atomic E-state index is 12.0. The number of ether oxygens (including phenoxy) is 2. The smallest absolute Gasteiger partial charge is 0.494 e. The van der Waals surface area contributed by atoms with Crippen LogP contribution in [0, 0.1) is 13.8 Å². The maximum Gasteiger partial charge on any atom is 0.636 e. The first kappa shape index (κ1) is 29.8. The van der Waals surface area contributed by atoms with Crippen LogP contribution in [-0.2, 0) is 30.3 Å². The summed E-state index contributed by atoms with van der Waals surface area (Å²) in [6.45, 7) is 6.54. The van der Waals surface area contributed by atoms with Gasteiger partial charge in [0.2, 0.25) is 5.88 Å². The van der Waals surface area contributed by atoms with Gasteiger partial charge in [-0.1, -0.05) is 30.3 Å². The first-order chi connectivity index (χ1) is 19.7. The molecular formula is C31H35BN2O7. The van der Waals surface area contributed by atoms with Gasteiger partial charge in [-0.3, -0.25) is 14.5 Å². The van der Waals surface area contributed by atoms with Crippen molar-refractivity contribution in [3.8, 4) is 22.8 Å². The lowest BCUT2D eigenvalue weighted by atomic mass is 9.78. The summed E-state index contributed by atoms with van der Waals surface area (Å²) in [7, 11) is 0.565. The van der Waals surface area contributed by atoms with Crippen LogP contribution in [0.15, 0.2) is 54.6 Å². The molecule has 0 aliphatic carbocycles. The first-order valence-electron chi connectivity index (χ1n) is 13.7. The van der Waals surface area contributed by atoms with E-state index in [1.807, 2.05) is 31.2 Å². The Kier molecular flexibility index (Phi) is 10.1. The van der Waals surface area contributed by atoms with E-state index in [-0.39, 0.29) is 18.9 Å². The first-order valence-corrected chi connectivity index (χ1v) is 13.7. The highest BCUT2D eigenvalue weighted by Gasteiger charge is 2.33. The zero-order valence-electron chi connectivity index (χ0n) is 24.0. The number of unbranched alkanes of at least 4 members (excludes halogenated alkanes) is 1. The average molecular weight is 558 g/mol. The summed E-state index contributed by atoms with van der Waals surface area (Å²) in [6.07, 6.45) is 2.20. The van der Waals surface area contributed by atoms with Gasteiger partial charge in [-0.25, -0.2) is 4.98 Å². The van der Waals surface area contributed by atoms with Crippen molar-refractivity contribution in [1.29, 1.82) is 0 Å². The molecule has 214 valence electrons. The van der Waals surface area contributed by atoms with Crippen molar-refractivity contribution >= 4 is 30.3 Å². The van der Waals surface area contributed by atoms with Gasteiger partial charge in [0.05, 0.1) is 19.7 Å². The average Bonchev–Trinajstić information content (AvgIpc) is 2.91. The van der Waals surface area contributed by atoms with Gasteiger partial charge in [0.1, 0.15) is 18.1 Å². The van der Waals surface area contributed by atoms with Gasteiger partial charge in [0, 0.05) is 29.2 Å². The van der Waals surface area contributed by atoms with Gasteiger partial charge in [0.15, 0.2) is 0 Å². The fourth-order valence-electron chi connectivity index (χ4n) is 4.54. The number of aryl methyl sites for hydroxylation is 1. The zero-order chi connectivity index (χ0) is 29.4. The van der Waals surface area contributed by atoms with E-state index in [2.05, 4.69) is 18.0 Å². The number of hydrogen-bond acceptors (Lipinski definition) is 9. The molecule has 1 aliphatic heterocycles. The molecule has 1 aliphatic rings. The standard InChI is InChI=1S/C31H35BN2O7/c1-21(35)8-5-6-17-38-29-16-15-28(23(3)33-29)27-10-7-9-24(22(27)2)20-39-26-13-11-25(12-14-26)32-40-30(36)18-34(4)19-31(37)41-32/h7,9-16H,5-6,8,17-20H2,1-4H3. The number of Topliss-reactive ketones (excluding diaryl/α,β-unsaturated/α-hetero) is 1. The summed E-state index contributed by atoms with van der Waals surface area (Å²) < 4.78 is 22.5. The van der Waals surface area contributed by atoms with Crippen molar-refractivity contribution in [1.82, 2.24) is 9.88 Å². The van der Waals surface area contributed by atoms with Gasteiger partial charge in [-0.2, -0.15) is 0 Å². The van der Waals surface area contributed by atoms with Crippen molar-refractivity contribution in [2.24, 2.45) is 0 Å². The number of hydrogen-bond donors (Lipinski definition) is 0. The fraction of sp³-hybridized carbons (Fsp3) is 0.355. The molecule has 1 saturated heterocycles. The van der Waals surface area contributed by atoms with Crippen molar-refractivity contribution in [2.75, 3.05) is 26.7 Å². The summed E-state index contributed by atoms with van der Waals surface area (Å²) >= 11 is 0. The van der Waals surface area contributed by atoms with E-state index in [1.54, 1.807) is 38.2 Å². The molecule has 0 amide bonds. The largest absolute Gasteiger partial charge is 0.636 e. The monoisotopic (exact) mass is 558 g/mol. The van der Waals surface area contributed by atoms with Gasteiger partial charge < -0.3 is 23.6 Å². The van der Waals surface area contributed by atoms with Crippen LogP contribution in [-0.4, -0.2) is 61.5 Å². The molecule has 41 heavy (non-hydrogen) atoms. The Morgan fingerprint density at radius 3 is 2.29 bits per heavy atom. The van der Waals surface area contributed by atoms with Crippen LogP contribution in [0.25, 0.3) is 11.1 Å². The molecule has 10 heteroatoms. The molecule has 0 spiro atoms. The van der Waals surface area contributed by atoms with Gasteiger partial charge in [0.25, 0.3) is 0 Å². The SMILES string of the molecule is CC(=O)CCCCOc1ccc(-c2cccc(COc3ccc(B4OC(=O)CN(C)CC(=O)O4)cc3)c2C)c(C)n1. The third-order valence-corrected chi connectivity index (χ3v) is 6.79. The van der Waals surface area contributed by atoms with Crippen LogP contribution in [0.1, 0.15) is 43.0 Å². The van der Waals surface area contributed by atoms with Gasteiger partial charge in [-0.05, 0) is 75.5 Å². The normalized spacial score (nSPS) is 14.1. The number of ketones is 1. The maximum atomic E-state index is 12.0. The summed E-state index contributed by atoms with van der Waals surface area (Å²) in [5.74, 6) is 0.472. The number of carbonyl (C=O) groups excluding carboxylic acids is 3. The predicted molar refractivity (Wildman–Crippen MR) is 155 cm³/mol. The fourth-order valence-corrected chi connectivity index (χ4v) is 4.54. The van der Waals surface area contributed by atoms with E-state index < -0.39 is 19.1 Å². The highest BCUT2D eigenvalue weighted by Crippen LogP contribution is 2.30. The molecule has 0 radical (unpaired) electrons. The highest BCUT2D eigenvalue weighted by atomic mass is 16.6. The zero-order valence-corrected chi connectivity index (χ0v) is 24.0. The van der Waals surface area contributed by atoms with Crippen LogP contribution in [0.2, 0.25) is 0 Å². The molecule has 0 saturated carbocycles. The molecule has 4 rings (SSSR count). The molecule has 0 N–H and O–H groups in total. The Bertz CT molecular complexity index is 1370. The minimum atomic E-state index is -1.09. The lowest BCUT2D eigenvalue weighted by molar-refractivity contribution is -0.145. The number of benzene rings is 2. The molecule has 2 aromatic carbocycles. The molecular weight excluding hydrogens is 523 g/mol. The van der Waals surface area contributed by atoms with E-state index >= 15 is 0 Å². The van der Waals surface area contributed by atoms with Crippen molar-refractivity contribution < 1.29 is 33.2 Å². The molecule has 0 atom stereocenters. The van der Waals surface area contributed by atoms with Crippen LogP contribution < -0.4 is 14.9 Å². The lowest BCUT2D eigenvalue weighted by Gasteiger charge is -2.22. The van der Waals surface area contributed by atoms with Gasteiger partial charge >= 0.3 is 19.1 Å². The third-order valence-electron chi connectivity index (χ3n) is 6.79. The Hall–Kier alpha value is -4.18. The Balaban J connectivity index is 1.38. The van der Waals surface area contributed by atoms with Crippen molar-refractivity contribution in [3.05, 3.63) is 71.4 Å². The topological polar surface area (TPSA) is 104 Å². The second kappa shape index (κ2) is 13.9. The second-order valence-corrected chi connectivity index (χ2v) is 10.2. The quantitative estimate of drug-likeness (QED) is 0.257. The molecule has 3 aromatic rings. The van der Waals surface area contributed by atoms with Crippen molar-refractivity contribution in [2.45, 2.75) is 46.6 Å². The number of nitrogens with zero attached hydrogens (tertiary/aromatic N) is 2. The summed E-state index contributed by atoms with van der Waals surface area (Å²) in [4.78, 5) is 41.3. The summed E-state index contributed by atoms with van der Waals surface area (Å²) in [5.41, 5.74) is 5.62. The van der Waals surface area contributed by atoms with Gasteiger partial charge in [-0.15, -0.1) is 0 Å². The van der Waals surface area contributed by atoms with E-state index in [1.165, 1.54) is 4.90 Å². The Labute approximate surface area is 240 Å². The van der Waals surface area contributed by atoms with E-state index in [9.17, 15) is 14.4 Å². The Morgan fingerprint density at radius 2 is 1.63 bits per heavy atom. The summed E-state index contributed by atoms with van der Waals surface area (Å²) in [5, 5.41) is 0. The molecule has 0 bridgehead atoms. The minimum absolute atomic E-state index is 0.0158. The second-order valence-electron chi connectivity index (χ2n) is 10.2. The van der Waals surface area contributed by atoms with Crippen LogP contribution in [0.5, 0.6) is 11.6 Å². The number of pyridine rings is 1. The number of aromatic nitrogens is 1. The Morgan fingerprint density at radius 1 is 0.927 bits per heavy atom. The van der Waals surface area contributed by atoms with Crippen LogP contribution >= 0.6 is 0 Å². The summed E-state index contributed by atoms with van der Waals surface area (Å²) in [6, 6.07) is 16.9. The number of rotatable bonds is 11. The molecule has 9 nitrogen and oxygen atoms in total. The molecule has 1 fully saturated rings. The highest BCUT2D eigenvalue weighted by molar-refractivity contribution is 6.64. The van der Waals surface area contributed by atoms with E-state index in [0.29, 0.717) is 36.7 Å². The number of carbonyl (C=O) groups is 3. The van der Waals surface area contributed by atoms with E-state index in [4.69, 9.17) is 18.8 Å². The molecule has 0 unspecified atom stereocenters. The third kappa shape index (κ3) is 8.41. The van der Waals surface area contributed by atoms with E-state index in [0.717, 1.165) is 40.8 Å². The lowest BCUT2D eigenvalue weighted by Crippen LogP contribution is -2.47. The molecule has 2 heterocycles. The van der Waals surface area contributed by atoms with Crippen LogP contribution in [0.3, 0.4) is 0 Å². The molecule has 1 aromatic heterocycles. The predicted octanol–water partition coefficient (Wildman–Crippen LogP) is 3.81. The van der Waals surface area contributed by atoms with Crippen molar-refractivity contribution in [3.63, 3.8) is 0 Å².